The quantitative estimate of drug-likeness (QED) is 0.795. The lowest BCUT2D eigenvalue weighted by Crippen LogP contribution is -2.24. The molecule has 0 N–H and O–H groups in total. The molecule has 100 valence electrons. The molecule has 0 aromatic carbocycles. The average molecular weight is 334 g/mol. The molecule has 1 saturated heterocycles. The van der Waals surface area contributed by atoms with Gasteiger partial charge in [-0.2, -0.15) is 0 Å². The largest absolute Gasteiger partial charge is 0.310 e. The van der Waals surface area contributed by atoms with E-state index in [0.29, 0.717) is 29.4 Å². The standard InChI is InChI=1S/C11H16BrN3O2S/c12-7-10-13-14-11(15(10)8-4-5-8)9-3-1-2-6-18(9,16)17/h8-9H,1-7H2. The van der Waals surface area contributed by atoms with Crippen LogP contribution in [0.25, 0.3) is 0 Å². The minimum atomic E-state index is -3.04. The summed E-state index contributed by atoms with van der Waals surface area (Å²) in [6, 6.07) is 0.416. The van der Waals surface area contributed by atoms with E-state index < -0.39 is 15.1 Å². The molecule has 0 radical (unpaired) electrons. The van der Waals surface area contributed by atoms with Gasteiger partial charge in [0.25, 0.3) is 0 Å². The van der Waals surface area contributed by atoms with Crippen LogP contribution in [0, 0.1) is 0 Å². The van der Waals surface area contributed by atoms with Gasteiger partial charge in [0.1, 0.15) is 11.1 Å². The lowest BCUT2D eigenvalue weighted by Gasteiger charge is -2.22. The van der Waals surface area contributed by atoms with Crippen LogP contribution >= 0.6 is 15.9 Å². The third-order valence-electron chi connectivity index (χ3n) is 3.69. The summed E-state index contributed by atoms with van der Waals surface area (Å²) in [6.45, 7) is 0. The molecule has 1 aliphatic carbocycles. The Morgan fingerprint density at radius 2 is 2.00 bits per heavy atom. The molecular weight excluding hydrogens is 318 g/mol. The van der Waals surface area contributed by atoms with Gasteiger partial charge in [0, 0.05) is 6.04 Å². The Labute approximate surface area is 115 Å². The first-order valence-electron chi connectivity index (χ1n) is 6.34. The van der Waals surface area contributed by atoms with Crippen molar-refractivity contribution in [3.63, 3.8) is 0 Å². The second kappa shape index (κ2) is 4.59. The summed E-state index contributed by atoms with van der Waals surface area (Å²) in [5.74, 6) is 1.82. The van der Waals surface area contributed by atoms with E-state index in [4.69, 9.17) is 0 Å². The molecule has 18 heavy (non-hydrogen) atoms. The second-order valence-corrected chi connectivity index (χ2v) is 7.92. The van der Waals surface area contributed by atoms with Gasteiger partial charge in [-0.25, -0.2) is 8.42 Å². The number of nitrogens with zero attached hydrogens (tertiary/aromatic N) is 3. The molecule has 1 atom stereocenters. The molecule has 5 nitrogen and oxygen atoms in total. The van der Waals surface area contributed by atoms with E-state index in [1.165, 1.54) is 0 Å². The number of sulfone groups is 1. The smallest absolute Gasteiger partial charge is 0.160 e. The lowest BCUT2D eigenvalue weighted by atomic mass is 10.2. The molecule has 1 aromatic heterocycles. The molecule has 0 spiro atoms. The van der Waals surface area contributed by atoms with Crippen molar-refractivity contribution < 1.29 is 8.42 Å². The number of aromatic nitrogens is 3. The molecule has 0 bridgehead atoms. The summed E-state index contributed by atoms with van der Waals surface area (Å²) in [5, 5.41) is 8.50. The van der Waals surface area contributed by atoms with Crippen LogP contribution in [0.3, 0.4) is 0 Å². The first-order chi connectivity index (χ1) is 8.63. The van der Waals surface area contributed by atoms with Gasteiger partial charge in [0.2, 0.25) is 0 Å². The van der Waals surface area contributed by atoms with Crippen molar-refractivity contribution in [2.24, 2.45) is 0 Å². The van der Waals surface area contributed by atoms with Crippen molar-refractivity contribution in [2.45, 2.75) is 48.7 Å². The minimum Gasteiger partial charge on any atom is -0.310 e. The monoisotopic (exact) mass is 333 g/mol. The third kappa shape index (κ3) is 2.11. The van der Waals surface area contributed by atoms with Crippen molar-refractivity contribution in [3.8, 4) is 0 Å². The predicted octanol–water partition coefficient (Wildman–Crippen LogP) is 2.15. The fourth-order valence-electron chi connectivity index (χ4n) is 2.62. The van der Waals surface area contributed by atoms with Crippen molar-refractivity contribution >= 4 is 25.8 Å². The molecule has 2 aliphatic rings. The van der Waals surface area contributed by atoms with E-state index in [1.807, 2.05) is 0 Å². The summed E-state index contributed by atoms with van der Waals surface area (Å²) in [7, 11) is -3.04. The molecule has 2 heterocycles. The maximum absolute atomic E-state index is 12.2. The average Bonchev–Trinajstić information content (AvgIpc) is 3.09. The molecule has 1 unspecified atom stereocenters. The molecule has 7 heteroatoms. The molecule has 1 saturated carbocycles. The summed E-state index contributed by atoms with van der Waals surface area (Å²) in [5.41, 5.74) is 0. The molecule has 2 fully saturated rings. The molecular formula is C11H16BrN3O2S. The summed E-state index contributed by atoms with van der Waals surface area (Å²) in [4.78, 5) is 0. The van der Waals surface area contributed by atoms with E-state index >= 15 is 0 Å². The van der Waals surface area contributed by atoms with Crippen LogP contribution in [0.15, 0.2) is 0 Å². The van der Waals surface area contributed by atoms with Crippen molar-refractivity contribution in [1.82, 2.24) is 14.8 Å². The Balaban J connectivity index is 2.03. The van der Waals surface area contributed by atoms with Crippen molar-refractivity contribution in [1.29, 1.82) is 0 Å². The van der Waals surface area contributed by atoms with Gasteiger partial charge in [0.05, 0.1) is 11.1 Å². The van der Waals surface area contributed by atoms with Gasteiger partial charge in [-0.15, -0.1) is 10.2 Å². The van der Waals surface area contributed by atoms with E-state index in [9.17, 15) is 8.42 Å². The summed E-state index contributed by atoms with van der Waals surface area (Å²) >= 11 is 3.40. The Bertz CT molecular complexity index is 551. The maximum atomic E-state index is 12.2. The minimum absolute atomic E-state index is 0.291. The first kappa shape index (κ1) is 12.6. The highest BCUT2D eigenvalue weighted by Gasteiger charge is 2.38. The second-order valence-electron chi connectivity index (χ2n) is 5.06. The Hall–Kier alpha value is -0.430. The highest BCUT2D eigenvalue weighted by molar-refractivity contribution is 9.08. The maximum Gasteiger partial charge on any atom is 0.160 e. The van der Waals surface area contributed by atoms with Crippen molar-refractivity contribution in [3.05, 3.63) is 11.6 Å². The Morgan fingerprint density at radius 1 is 1.22 bits per heavy atom. The van der Waals surface area contributed by atoms with Crippen LogP contribution in [-0.2, 0) is 15.2 Å². The van der Waals surface area contributed by atoms with Crippen LogP contribution in [0.4, 0.5) is 0 Å². The fourth-order valence-corrected chi connectivity index (χ4v) is 4.90. The first-order valence-corrected chi connectivity index (χ1v) is 9.18. The van der Waals surface area contributed by atoms with Crippen LogP contribution in [0.2, 0.25) is 0 Å². The molecule has 3 rings (SSSR count). The molecule has 1 aliphatic heterocycles. The van der Waals surface area contributed by atoms with Crippen molar-refractivity contribution in [2.75, 3.05) is 5.75 Å². The zero-order chi connectivity index (χ0) is 12.8. The van der Waals surface area contributed by atoms with E-state index in [-0.39, 0.29) is 0 Å². The Kier molecular flexibility index (Phi) is 3.21. The van der Waals surface area contributed by atoms with Crippen LogP contribution in [0.1, 0.15) is 55.0 Å². The zero-order valence-corrected chi connectivity index (χ0v) is 12.5. The van der Waals surface area contributed by atoms with E-state index in [2.05, 4.69) is 30.7 Å². The molecule has 0 amide bonds. The number of hydrogen-bond donors (Lipinski definition) is 0. The lowest BCUT2D eigenvalue weighted by molar-refractivity contribution is 0.524. The number of rotatable bonds is 3. The third-order valence-corrected chi connectivity index (χ3v) is 6.36. The SMILES string of the molecule is O=S1(=O)CCCCC1c1nnc(CBr)n1C1CC1. The fraction of sp³-hybridized carbons (Fsp3) is 0.818. The van der Waals surface area contributed by atoms with Gasteiger partial charge >= 0.3 is 0 Å². The van der Waals surface area contributed by atoms with E-state index in [1.54, 1.807) is 0 Å². The zero-order valence-electron chi connectivity index (χ0n) is 10.0. The van der Waals surface area contributed by atoms with Gasteiger partial charge < -0.3 is 4.57 Å². The Morgan fingerprint density at radius 3 is 2.61 bits per heavy atom. The van der Waals surface area contributed by atoms with E-state index in [0.717, 1.165) is 31.5 Å². The highest BCUT2D eigenvalue weighted by atomic mass is 79.9. The van der Waals surface area contributed by atoms with Gasteiger partial charge in [-0.3, -0.25) is 0 Å². The summed E-state index contributed by atoms with van der Waals surface area (Å²) < 4.78 is 26.4. The number of alkyl halides is 1. The van der Waals surface area contributed by atoms with Crippen LogP contribution < -0.4 is 0 Å². The highest BCUT2D eigenvalue weighted by Crippen LogP contribution is 2.41. The number of hydrogen-bond acceptors (Lipinski definition) is 4. The topological polar surface area (TPSA) is 64.8 Å². The predicted molar refractivity (Wildman–Crippen MR) is 71.3 cm³/mol. The number of halogens is 1. The normalized spacial score (nSPS) is 27.3. The van der Waals surface area contributed by atoms with Crippen LogP contribution in [0.5, 0.6) is 0 Å². The van der Waals surface area contributed by atoms with Gasteiger partial charge in [-0.05, 0) is 25.7 Å². The van der Waals surface area contributed by atoms with Gasteiger partial charge in [0.15, 0.2) is 15.7 Å². The summed E-state index contributed by atoms with van der Waals surface area (Å²) in [6.07, 6.45) is 4.65. The van der Waals surface area contributed by atoms with Crippen LogP contribution in [-0.4, -0.2) is 28.9 Å². The van der Waals surface area contributed by atoms with Gasteiger partial charge in [-0.1, -0.05) is 22.4 Å². The molecule has 1 aromatic rings.